The molecule has 0 fully saturated rings. The molecule has 7 nitrogen and oxygen atoms in total. The van der Waals surface area contributed by atoms with Gasteiger partial charge in [-0.3, -0.25) is 14.9 Å². The third-order valence-electron chi connectivity index (χ3n) is 2.65. The lowest BCUT2D eigenvalue weighted by Crippen LogP contribution is -2.31. The van der Waals surface area contributed by atoms with E-state index in [1.54, 1.807) is 0 Å². The van der Waals surface area contributed by atoms with Crippen LogP contribution in [0, 0.1) is 16.0 Å². The number of methoxy groups -OCH3 is 1. The van der Waals surface area contributed by atoms with Crippen LogP contribution in [0.25, 0.3) is 0 Å². The number of ether oxygens (including phenoxy) is 1. The fourth-order valence-electron chi connectivity index (χ4n) is 1.42. The van der Waals surface area contributed by atoms with Gasteiger partial charge in [-0.05, 0) is 18.5 Å². The Kier molecular flexibility index (Phi) is 5.25. The van der Waals surface area contributed by atoms with Crippen molar-refractivity contribution in [2.75, 3.05) is 20.2 Å². The standard InChI is InChI=1S/C12H17N3O4/c1-8(6-13)7-14-12(16)9-3-4-10(15(17)18)11(5-9)19-2/h3-5,8H,6-7,13H2,1-2H3,(H,14,16). The van der Waals surface area contributed by atoms with Crippen molar-refractivity contribution in [3.8, 4) is 5.75 Å². The Labute approximate surface area is 110 Å². The molecular weight excluding hydrogens is 250 g/mol. The second-order valence-corrected chi connectivity index (χ2v) is 4.19. The largest absolute Gasteiger partial charge is 0.490 e. The average molecular weight is 267 g/mol. The van der Waals surface area contributed by atoms with Gasteiger partial charge in [0.05, 0.1) is 12.0 Å². The first kappa shape index (κ1) is 14.9. The van der Waals surface area contributed by atoms with Crippen molar-refractivity contribution < 1.29 is 14.5 Å². The zero-order valence-electron chi connectivity index (χ0n) is 10.9. The minimum Gasteiger partial charge on any atom is -0.490 e. The molecule has 1 amide bonds. The van der Waals surface area contributed by atoms with E-state index in [0.717, 1.165) is 0 Å². The Hall–Kier alpha value is -2.15. The molecule has 0 aliphatic heterocycles. The van der Waals surface area contributed by atoms with Gasteiger partial charge in [-0.1, -0.05) is 6.92 Å². The van der Waals surface area contributed by atoms with Crippen LogP contribution in [0.15, 0.2) is 18.2 Å². The summed E-state index contributed by atoms with van der Waals surface area (Å²) in [5.74, 6) is -0.0816. The molecule has 1 unspecified atom stereocenters. The number of nitro groups is 1. The van der Waals surface area contributed by atoms with Gasteiger partial charge in [0.15, 0.2) is 5.75 Å². The normalized spacial score (nSPS) is 11.7. The topological polar surface area (TPSA) is 107 Å². The first-order valence-corrected chi connectivity index (χ1v) is 5.80. The maximum absolute atomic E-state index is 11.8. The molecule has 0 radical (unpaired) electrons. The van der Waals surface area contributed by atoms with Crippen molar-refractivity contribution in [2.24, 2.45) is 11.7 Å². The van der Waals surface area contributed by atoms with E-state index in [9.17, 15) is 14.9 Å². The van der Waals surface area contributed by atoms with Crippen LogP contribution in [0.1, 0.15) is 17.3 Å². The molecule has 7 heteroatoms. The van der Waals surface area contributed by atoms with E-state index >= 15 is 0 Å². The van der Waals surface area contributed by atoms with Crippen molar-refractivity contribution in [1.29, 1.82) is 0 Å². The van der Waals surface area contributed by atoms with Crippen LogP contribution in [0.4, 0.5) is 5.69 Å². The van der Waals surface area contributed by atoms with E-state index in [1.807, 2.05) is 6.92 Å². The molecular formula is C12H17N3O4. The third-order valence-corrected chi connectivity index (χ3v) is 2.65. The lowest BCUT2D eigenvalue weighted by Gasteiger charge is -2.10. The fraction of sp³-hybridized carbons (Fsp3) is 0.417. The van der Waals surface area contributed by atoms with Crippen LogP contribution < -0.4 is 15.8 Å². The van der Waals surface area contributed by atoms with Gasteiger partial charge in [-0.15, -0.1) is 0 Å². The van der Waals surface area contributed by atoms with Gasteiger partial charge in [0.2, 0.25) is 0 Å². The van der Waals surface area contributed by atoms with Crippen molar-refractivity contribution >= 4 is 11.6 Å². The SMILES string of the molecule is COc1cc(C(=O)NCC(C)CN)ccc1[N+](=O)[O-]. The Morgan fingerprint density at radius 1 is 1.58 bits per heavy atom. The summed E-state index contributed by atoms with van der Waals surface area (Å²) in [4.78, 5) is 22.0. The minimum absolute atomic E-state index is 0.0597. The number of hydrogen-bond donors (Lipinski definition) is 2. The summed E-state index contributed by atoms with van der Waals surface area (Å²) in [6, 6.07) is 3.99. The number of nitrogens with two attached hydrogens (primary N) is 1. The number of hydrogen-bond acceptors (Lipinski definition) is 5. The summed E-state index contributed by atoms with van der Waals surface area (Å²) in [5.41, 5.74) is 5.59. The van der Waals surface area contributed by atoms with Crippen LogP contribution >= 0.6 is 0 Å². The molecule has 0 heterocycles. The van der Waals surface area contributed by atoms with Crippen LogP contribution in [0.3, 0.4) is 0 Å². The smallest absolute Gasteiger partial charge is 0.310 e. The molecule has 0 aromatic heterocycles. The van der Waals surface area contributed by atoms with Crippen LogP contribution in [0.5, 0.6) is 5.75 Å². The summed E-state index contributed by atoms with van der Waals surface area (Å²) in [6.07, 6.45) is 0. The van der Waals surface area contributed by atoms with Crippen molar-refractivity contribution in [1.82, 2.24) is 5.32 Å². The number of rotatable bonds is 6. The average Bonchev–Trinajstić information content (AvgIpc) is 2.43. The molecule has 3 N–H and O–H groups in total. The molecule has 1 rings (SSSR count). The Bertz CT molecular complexity index is 476. The van der Waals surface area contributed by atoms with Gasteiger partial charge in [0.1, 0.15) is 0 Å². The number of benzene rings is 1. The van der Waals surface area contributed by atoms with E-state index in [2.05, 4.69) is 5.32 Å². The quantitative estimate of drug-likeness (QED) is 0.588. The summed E-state index contributed by atoms with van der Waals surface area (Å²) in [5, 5.41) is 13.4. The van der Waals surface area contributed by atoms with E-state index in [0.29, 0.717) is 18.7 Å². The Morgan fingerprint density at radius 3 is 2.79 bits per heavy atom. The Balaban J connectivity index is 2.84. The van der Waals surface area contributed by atoms with Gasteiger partial charge < -0.3 is 15.8 Å². The molecule has 1 aromatic rings. The molecule has 1 aromatic carbocycles. The van der Waals surface area contributed by atoms with Crippen LogP contribution in [-0.2, 0) is 0 Å². The predicted octanol–water partition coefficient (Wildman–Crippen LogP) is 0.928. The maximum Gasteiger partial charge on any atom is 0.310 e. The molecule has 19 heavy (non-hydrogen) atoms. The lowest BCUT2D eigenvalue weighted by atomic mass is 10.1. The molecule has 104 valence electrons. The highest BCUT2D eigenvalue weighted by atomic mass is 16.6. The van der Waals surface area contributed by atoms with E-state index in [4.69, 9.17) is 10.5 Å². The molecule has 1 atom stereocenters. The second kappa shape index (κ2) is 6.69. The molecule has 0 saturated carbocycles. The third kappa shape index (κ3) is 3.92. The van der Waals surface area contributed by atoms with E-state index in [1.165, 1.54) is 25.3 Å². The minimum atomic E-state index is -0.559. The van der Waals surface area contributed by atoms with Gasteiger partial charge in [-0.25, -0.2) is 0 Å². The number of nitro benzene ring substituents is 1. The zero-order chi connectivity index (χ0) is 14.4. The highest BCUT2D eigenvalue weighted by Gasteiger charge is 2.17. The number of amides is 1. The summed E-state index contributed by atoms with van der Waals surface area (Å²) in [7, 11) is 1.32. The van der Waals surface area contributed by atoms with Crippen molar-refractivity contribution in [3.63, 3.8) is 0 Å². The first-order chi connectivity index (χ1) is 8.99. The van der Waals surface area contributed by atoms with Crippen molar-refractivity contribution in [3.05, 3.63) is 33.9 Å². The molecule has 0 spiro atoms. The van der Waals surface area contributed by atoms with Crippen LogP contribution in [0.2, 0.25) is 0 Å². The fourth-order valence-corrected chi connectivity index (χ4v) is 1.42. The van der Waals surface area contributed by atoms with Crippen LogP contribution in [-0.4, -0.2) is 31.0 Å². The predicted molar refractivity (Wildman–Crippen MR) is 70.2 cm³/mol. The molecule has 0 aliphatic rings. The Morgan fingerprint density at radius 2 is 2.26 bits per heavy atom. The highest BCUT2D eigenvalue weighted by molar-refractivity contribution is 5.95. The number of carbonyl (C=O) groups excluding carboxylic acids is 1. The van der Waals surface area contributed by atoms with E-state index < -0.39 is 4.92 Å². The molecule has 0 bridgehead atoms. The van der Waals surface area contributed by atoms with Crippen molar-refractivity contribution in [2.45, 2.75) is 6.92 Å². The number of nitrogens with one attached hydrogen (secondary N) is 1. The van der Waals surface area contributed by atoms with Gasteiger partial charge in [0, 0.05) is 24.2 Å². The summed E-state index contributed by atoms with van der Waals surface area (Å²) >= 11 is 0. The molecule has 0 aliphatic carbocycles. The zero-order valence-corrected chi connectivity index (χ0v) is 10.9. The van der Waals surface area contributed by atoms with E-state index in [-0.39, 0.29) is 23.3 Å². The summed E-state index contributed by atoms with van der Waals surface area (Å²) in [6.45, 7) is 2.84. The first-order valence-electron chi connectivity index (χ1n) is 5.80. The number of nitrogens with zero attached hydrogens (tertiary/aromatic N) is 1. The van der Waals surface area contributed by atoms with Gasteiger partial charge >= 0.3 is 5.69 Å². The second-order valence-electron chi connectivity index (χ2n) is 4.19. The maximum atomic E-state index is 11.8. The molecule has 0 saturated heterocycles. The van der Waals surface area contributed by atoms with Gasteiger partial charge in [-0.2, -0.15) is 0 Å². The highest BCUT2D eigenvalue weighted by Crippen LogP contribution is 2.27. The number of carbonyl (C=O) groups is 1. The monoisotopic (exact) mass is 267 g/mol. The summed E-state index contributed by atoms with van der Waals surface area (Å²) < 4.78 is 4.90. The lowest BCUT2D eigenvalue weighted by molar-refractivity contribution is -0.385. The van der Waals surface area contributed by atoms with Gasteiger partial charge in [0.25, 0.3) is 5.91 Å².